The fourth-order valence-corrected chi connectivity index (χ4v) is 3.84. The van der Waals surface area contributed by atoms with Crippen LogP contribution in [0.15, 0.2) is 78.3 Å². The SMILES string of the molecule is C[C@@H](Sc1nnc(-c2cccnc2)n1Cc1ccccc1)C(=O)Nc1ccc(Cl)cn1. The Morgan fingerprint density at radius 2 is 1.94 bits per heavy atom. The molecule has 0 unspecified atom stereocenters. The zero-order valence-corrected chi connectivity index (χ0v) is 18.2. The first-order valence-electron chi connectivity index (χ1n) is 9.57. The molecule has 4 rings (SSSR count). The second-order valence-electron chi connectivity index (χ2n) is 6.73. The van der Waals surface area contributed by atoms with E-state index in [1.54, 1.807) is 24.5 Å². The average molecular weight is 451 g/mol. The lowest BCUT2D eigenvalue weighted by Crippen LogP contribution is -2.23. The van der Waals surface area contributed by atoms with Crippen LogP contribution in [-0.2, 0) is 11.3 Å². The van der Waals surface area contributed by atoms with E-state index in [4.69, 9.17) is 11.6 Å². The Bertz CT molecular complexity index is 1150. The third-order valence-electron chi connectivity index (χ3n) is 4.45. The number of nitrogens with zero attached hydrogens (tertiary/aromatic N) is 5. The van der Waals surface area contributed by atoms with Crippen molar-refractivity contribution in [3.05, 3.63) is 83.8 Å². The van der Waals surface area contributed by atoms with Crippen molar-refractivity contribution in [2.45, 2.75) is 23.9 Å². The first kappa shape index (κ1) is 21.0. The Hall–Kier alpha value is -3.23. The van der Waals surface area contributed by atoms with Crippen LogP contribution in [0.4, 0.5) is 5.82 Å². The Balaban J connectivity index is 1.57. The van der Waals surface area contributed by atoms with Crippen molar-refractivity contribution < 1.29 is 4.79 Å². The summed E-state index contributed by atoms with van der Waals surface area (Å²) in [5.74, 6) is 0.965. The molecular formula is C22H19ClN6OS. The smallest absolute Gasteiger partial charge is 0.238 e. The number of halogens is 1. The van der Waals surface area contributed by atoms with Crippen LogP contribution in [0.5, 0.6) is 0 Å². The quantitative estimate of drug-likeness (QED) is 0.415. The molecule has 3 heterocycles. The van der Waals surface area contributed by atoms with Gasteiger partial charge in [0, 0.05) is 24.2 Å². The summed E-state index contributed by atoms with van der Waals surface area (Å²) < 4.78 is 2.00. The predicted molar refractivity (Wildman–Crippen MR) is 122 cm³/mol. The number of pyridine rings is 2. The van der Waals surface area contributed by atoms with E-state index < -0.39 is 5.25 Å². The molecule has 1 atom stereocenters. The molecule has 1 aromatic carbocycles. The van der Waals surface area contributed by atoms with Gasteiger partial charge in [-0.05, 0) is 36.8 Å². The van der Waals surface area contributed by atoms with Gasteiger partial charge in [0.05, 0.1) is 16.8 Å². The van der Waals surface area contributed by atoms with Crippen LogP contribution in [0.3, 0.4) is 0 Å². The Morgan fingerprint density at radius 1 is 1.10 bits per heavy atom. The minimum atomic E-state index is -0.419. The highest BCUT2D eigenvalue weighted by Gasteiger charge is 2.21. The summed E-state index contributed by atoms with van der Waals surface area (Å²) in [5.41, 5.74) is 1.97. The van der Waals surface area contributed by atoms with Gasteiger partial charge in [-0.25, -0.2) is 4.98 Å². The highest BCUT2D eigenvalue weighted by atomic mass is 35.5. The van der Waals surface area contributed by atoms with E-state index in [-0.39, 0.29) is 5.91 Å². The van der Waals surface area contributed by atoms with Crippen molar-refractivity contribution in [3.8, 4) is 11.4 Å². The third-order valence-corrected chi connectivity index (χ3v) is 5.75. The number of hydrogen-bond acceptors (Lipinski definition) is 6. The summed E-state index contributed by atoms with van der Waals surface area (Å²) in [7, 11) is 0. The lowest BCUT2D eigenvalue weighted by molar-refractivity contribution is -0.115. The molecule has 0 aliphatic heterocycles. The van der Waals surface area contributed by atoms with Crippen LogP contribution in [0.25, 0.3) is 11.4 Å². The number of amides is 1. The fraction of sp³-hybridized carbons (Fsp3) is 0.136. The van der Waals surface area contributed by atoms with Crippen LogP contribution in [-0.4, -0.2) is 35.9 Å². The van der Waals surface area contributed by atoms with Gasteiger partial charge in [0.15, 0.2) is 11.0 Å². The van der Waals surface area contributed by atoms with E-state index in [9.17, 15) is 4.79 Å². The standard InChI is InChI=1S/C22H19ClN6OS/c1-15(21(30)26-19-10-9-18(23)13-25-19)31-22-28-27-20(17-8-5-11-24-12-17)29(22)14-16-6-3-2-4-7-16/h2-13,15H,14H2,1H3,(H,25,26,30)/t15-/m1/s1. The number of hydrogen-bond donors (Lipinski definition) is 1. The Labute approximate surface area is 188 Å². The highest BCUT2D eigenvalue weighted by molar-refractivity contribution is 8.00. The fourth-order valence-electron chi connectivity index (χ4n) is 2.88. The molecule has 1 N–H and O–H groups in total. The monoisotopic (exact) mass is 450 g/mol. The summed E-state index contributed by atoms with van der Waals surface area (Å²) in [4.78, 5) is 21.0. The van der Waals surface area contributed by atoms with Gasteiger partial charge in [0.1, 0.15) is 5.82 Å². The molecule has 0 aliphatic carbocycles. The van der Waals surface area contributed by atoms with Gasteiger partial charge >= 0.3 is 0 Å². The molecule has 156 valence electrons. The second kappa shape index (κ2) is 9.72. The molecule has 0 bridgehead atoms. The Morgan fingerprint density at radius 3 is 2.65 bits per heavy atom. The van der Waals surface area contributed by atoms with Gasteiger partial charge < -0.3 is 5.32 Å². The predicted octanol–water partition coefficient (Wildman–Crippen LogP) is 4.56. The zero-order chi connectivity index (χ0) is 21.6. The maximum atomic E-state index is 12.7. The van der Waals surface area contributed by atoms with Crippen molar-refractivity contribution in [3.63, 3.8) is 0 Å². The van der Waals surface area contributed by atoms with Crippen LogP contribution >= 0.6 is 23.4 Å². The van der Waals surface area contributed by atoms with E-state index >= 15 is 0 Å². The molecule has 0 saturated heterocycles. The first-order valence-corrected chi connectivity index (χ1v) is 10.8. The number of rotatable bonds is 7. The van der Waals surface area contributed by atoms with E-state index in [0.717, 1.165) is 11.1 Å². The highest BCUT2D eigenvalue weighted by Crippen LogP contribution is 2.28. The van der Waals surface area contributed by atoms with Crippen molar-refractivity contribution in [1.82, 2.24) is 24.7 Å². The lowest BCUT2D eigenvalue weighted by atomic mass is 10.2. The molecule has 1 amide bonds. The average Bonchev–Trinajstić information content (AvgIpc) is 3.18. The number of thioether (sulfide) groups is 1. The molecule has 3 aromatic heterocycles. The molecule has 4 aromatic rings. The van der Waals surface area contributed by atoms with Crippen LogP contribution in [0, 0.1) is 0 Å². The van der Waals surface area contributed by atoms with Gasteiger partial charge in [-0.15, -0.1) is 10.2 Å². The Kier molecular flexibility index (Phi) is 6.59. The summed E-state index contributed by atoms with van der Waals surface area (Å²) in [6.45, 7) is 2.40. The van der Waals surface area contributed by atoms with Gasteiger partial charge in [-0.2, -0.15) is 0 Å². The van der Waals surface area contributed by atoms with Crippen molar-refractivity contribution in [2.24, 2.45) is 0 Å². The van der Waals surface area contributed by atoms with Crippen LogP contribution < -0.4 is 5.32 Å². The number of anilines is 1. The van der Waals surface area contributed by atoms with Crippen molar-refractivity contribution in [2.75, 3.05) is 5.32 Å². The minimum Gasteiger partial charge on any atom is -0.310 e. The van der Waals surface area contributed by atoms with Gasteiger partial charge in [-0.1, -0.05) is 53.7 Å². The summed E-state index contributed by atoms with van der Waals surface area (Å²) >= 11 is 7.19. The van der Waals surface area contributed by atoms with Crippen LogP contribution in [0.1, 0.15) is 12.5 Å². The van der Waals surface area contributed by atoms with Gasteiger partial charge in [0.25, 0.3) is 0 Å². The number of aromatic nitrogens is 5. The molecule has 0 radical (unpaired) electrons. The van der Waals surface area contributed by atoms with Crippen molar-refractivity contribution >= 4 is 35.1 Å². The first-order chi connectivity index (χ1) is 15.1. The number of carbonyl (C=O) groups excluding carboxylic acids is 1. The number of nitrogens with one attached hydrogen (secondary N) is 1. The molecule has 31 heavy (non-hydrogen) atoms. The normalized spacial score (nSPS) is 11.8. The lowest BCUT2D eigenvalue weighted by Gasteiger charge is -2.14. The van der Waals surface area contributed by atoms with E-state index in [1.807, 2.05) is 54.0 Å². The molecule has 0 fully saturated rings. The van der Waals surface area contributed by atoms with Crippen LogP contribution in [0.2, 0.25) is 5.02 Å². The second-order valence-corrected chi connectivity index (χ2v) is 8.48. The molecule has 0 aliphatic rings. The molecular weight excluding hydrogens is 432 g/mol. The molecule has 7 nitrogen and oxygen atoms in total. The summed E-state index contributed by atoms with van der Waals surface area (Å²) in [6, 6.07) is 17.2. The third kappa shape index (κ3) is 5.28. The summed E-state index contributed by atoms with van der Waals surface area (Å²) in [6.07, 6.45) is 4.96. The maximum absolute atomic E-state index is 12.7. The van der Waals surface area contributed by atoms with E-state index in [0.29, 0.717) is 28.4 Å². The van der Waals surface area contributed by atoms with Gasteiger partial charge in [0.2, 0.25) is 5.91 Å². The maximum Gasteiger partial charge on any atom is 0.238 e. The van der Waals surface area contributed by atoms with Gasteiger partial charge in [-0.3, -0.25) is 14.3 Å². The topological polar surface area (TPSA) is 85.6 Å². The van der Waals surface area contributed by atoms with Crippen molar-refractivity contribution in [1.29, 1.82) is 0 Å². The minimum absolute atomic E-state index is 0.183. The number of benzene rings is 1. The molecule has 0 spiro atoms. The summed E-state index contributed by atoms with van der Waals surface area (Å²) in [5, 5.41) is 12.3. The molecule has 9 heteroatoms. The zero-order valence-electron chi connectivity index (χ0n) is 16.6. The molecule has 0 saturated carbocycles. The largest absolute Gasteiger partial charge is 0.310 e. The van der Waals surface area contributed by atoms with E-state index in [1.165, 1.54) is 18.0 Å². The van der Waals surface area contributed by atoms with E-state index in [2.05, 4.69) is 25.5 Å². The number of carbonyl (C=O) groups is 1.